The zero-order chi connectivity index (χ0) is 24.1. The number of rotatable bonds is 8. The van der Waals surface area contributed by atoms with Gasteiger partial charge in [-0.1, -0.05) is 0 Å². The quantitative estimate of drug-likeness (QED) is 0.403. The maximum absolute atomic E-state index is 13.5. The summed E-state index contributed by atoms with van der Waals surface area (Å²) in [5.74, 6) is -1.29. The lowest BCUT2D eigenvalue weighted by Gasteiger charge is -2.31. The smallest absolute Gasteiger partial charge is 0.221 e. The van der Waals surface area contributed by atoms with E-state index in [-0.39, 0.29) is 19.1 Å². The number of carbonyl (C=O) groups excluding carboxylic acids is 1. The van der Waals surface area contributed by atoms with Crippen LogP contribution < -0.4 is 21.3 Å². The van der Waals surface area contributed by atoms with Gasteiger partial charge >= 0.3 is 0 Å². The molecule has 0 bridgehead atoms. The van der Waals surface area contributed by atoms with Gasteiger partial charge in [0, 0.05) is 60.6 Å². The molecule has 7 nitrogen and oxygen atoms in total. The molecule has 2 aromatic carbocycles. The Morgan fingerprint density at radius 2 is 1.76 bits per heavy atom. The van der Waals surface area contributed by atoms with E-state index in [0.717, 1.165) is 43.4 Å². The summed E-state index contributed by atoms with van der Waals surface area (Å²) in [6.07, 6.45) is 2.84. The Bertz CT molecular complexity index is 1130. The molecule has 178 valence electrons. The fourth-order valence-corrected chi connectivity index (χ4v) is 3.98. The maximum atomic E-state index is 13.5. The highest BCUT2D eigenvalue weighted by Gasteiger charge is 2.17. The molecule has 2 heterocycles. The van der Waals surface area contributed by atoms with Crippen LogP contribution in [0.1, 0.15) is 24.0 Å². The number of piperidine rings is 1. The fourth-order valence-electron chi connectivity index (χ4n) is 3.98. The second-order valence-corrected chi connectivity index (χ2v) is 8.39. The lowest BCUT2D eigenvalue weighted by atomic mass is 10.1. The molecule has 1 fully saturated rings. The highest BCUT2D eigenvalue weighted by molar-refractivity contribution is 5.79. The number of nitrogens with one attached hydrogen (secondary N) is 2. The molecule has 5 N–H and O–H groups in total. The number of primary amides is 1. The third kappa shape index (κ3) is 6.20. The number of anilines is 4. The highest BCUT2D eigenvalue weighted by atomic mass is 19.1. The highest BCUT2D eigenvalue weighted by Crippen LogP contribution is 2.26. The first-order chi connectivity index (χ1) is 16.4. The van der Waals surface area contributed by atoms with Crippen LogP contribution in [-0.2, 0) is 17.8 Å². The number of amides is 1. The predicted octanol–water partition coefficient (Wildman–Crippen LogP) is 3.70. The molecule has 0 spiro atoms. The van der Waals surface area contributed by atoms with Crippen molar-refractivity contribution in [1.29, 1.82) is 0 Å². The average molecular weight is 468 g/mol. The van der Waals surface area contributed by atoms with Crippen molar-refractivity contribution in [3.8, 4) is 0 Å². The molecular weight excluding hydrogens is 440 g/mol. The molecule has 9 heteroatoms. The number of aliphatic hydroxyl groups is 1. The van der Waals surface area contributed by atoms with Gasteiger partial charge < -0.3 is 26.4 Å². The van der Waals surface area contributed by atoms with Gasteiger partial charge in [-0.05, 0) is 54.8 Å². The molecule has 1 amide bonds. The van der Waals surface area contributed by atoms with Gasteiger partial charge in [0.25, 0.3) is 0 Å². The van der Waals surface area contributed by atoms with Gasteiger partial charge in [0.15, 0.2) is 0 Å². The largest absolute Gasteiger partial charge is 0.393 e. The van der Waals surface area contributed by atoms with Crippen molar-refractivity contribution in [2.75, 3.05) is 28.6 Å². The Morgan fingerprint density at radius 1 is 1.09 bits per heavy atom. The lowest BCUT2D eigenvalue weighted by Crippen LogP contribution is -2.35. The van der Waals surface area contributed by atoms with Crippen LogP contribution in [0.5, 0.6) is 0 Å². The zero-order valence-electron chi connectivity index (χ0n) is 18.6. The van der Waals surface area contributed by atoms with Gasteiger partial charge in [-0.3, -0.25) is 4.79 Å². The monoisotopic (exact) mass is 467 g/mol. The normalized spacial score (nSPS) is 14.1. The van der Waals surface area contributed by atoms with Crippen molar-refractivity contribution in [3.05, 3.63) is 77.5 Å². The number of carbonyl (C=O) groups is 1. The van der Waals surface area contributed by atoms with Crippen LogP contribution in [-0.4, -0.2) is 35.2 Å². The van der Waals surface area contributed by atoms with E-state index in [4.69, 9.17) is 5.73 Å². The second kappa shape index (κ2) is 10.5. The molecule has 0 aliphatic carbocycles. The molecule has 0 radical (unpaired) electrons. The summed E-state index contributed by atoms with van der Waals surface area (Å²) >= 11 is 0. The SMILES string of the molecule is NC(=O)Cc1cnc(Nc2ccc(N3CCC(O)CC3)cc2)cc1NCc1cc(F)cc(F)c1. The van der Waals surface area contributed by atoms with Crippen LogP contribution in [0.4, 0.5) is 31.7 Å². The molecule has 0 saturated carbocycles. The molecule has 1 aliphatic rings. The second-order valence-electron chi connectivity index (χ2n) is 8.39. The molecular formula is C25H27F2N5O2. The van der Waals surface area contributed by atoms with Crippen molar-refractivity contribution in [2.45, 2.75) is 31.9 Å². The summed E-state index contributed by atoms with van der Waals surface area (Å²) in [4.78, 5) is 18.1. The minimum atomic E-state index is -0.657. The fraction of sp³-hybridized carbons (Fsp3) is 0.280. The Labute approximate surface area is 196 Å². The Hall–Kier alpha value is -3.72. The number of aliphatic hydroxyl groups excluding tert-OH is 1. The van der Waals surface area contributed by atoms with E-state index in [2.05, 4.69) is 20.5 Å². The standard InChI is InChI=1S/C25H27F2N5O2/c26-18-9-16(10-19(27)12-18)14-29-23-13-25(30-15-17(23)11-24(28)34)31-20-1-3-21(4-2-20)32-7-5-22(33)6-8-32/h1-4,9-10,12-13,15,22,33H,5-8,11,14H2,(H2,28,34)(H2,29,30,31). The first-order valence-corrected chi connectivity index (χ1v) is 11.1. The van der Waals surface area contributed by atoms with E-state index in [0.29, 0.717) is 22.6 Å². The van der Waals surface area contributed by atoms with E-state index < -0.39 is 17.5 Å². The van der Waals surface area contributed by atoms with Gasteiger partial charge in [-0.2, -0.15) is 0 Å². The average Bonchev–Trinajstić information content (AvgIpc) is 2.79. The summed E-state index contributed by atoms with van der Waals surface area (Å²) in [7, 11) is 0. The first kappa shape index (κ1) is 23.4. The third-order valence-corrected chi connectivity index (χ3v) is 5.73. The lowest BCUT2D eigenvalue weighted by molar-refractivity contribution is -0.117. The van der Waals surface area contributed by atoms with Gasteiger partial charge in [0.1, 0.15) is 17.5 Å². The number of hydrogen-bond donors (Lipinski definition) is 4. The first-order valence-electron chi connectivity index (χ1n) is 11.1. The minimum absolute atomic E-state index is 0.0215. The van der Waals surface area contributed by atoms with E-state index in [1.165, 1.54) is 12.1 Å². The van der Waals surface area contributed by atoms with Crippen molar-refractivity contribution in [3.63, 3.8) is 0 Å². The van der Waals surface area contributed by atoms with Crippen LogP contribution in [0, 0.1) is 11.6 Å². The molecule has 1 saturated heterocycles. The number of nitrogens with zero attached hydrogens (tertiary/aromatic N) is 2. The van der Waals surface area contributed by atoms with Crippen LogP contribution >= 0.6 is 0 Å². The van der Waals surface area contributed by atoms with Crippen LogP contribution in [0.15, 0.2) is 54.7 Å². The topological polar surface area (TPSA) is 104 Å². The molecule has 34 heavy (non-hydrogen) atoms. The van der Waals surface area contributed by atoms with Crippen molar-refractivity contribution in [1.82, 2.24) is 4.98 Å². The summed E-state index contributed by atoms with van der Waals surface area (Å²) in [5.41, 5.74) is 8.87. The predicted molar refractivity (Wildman–Crippen MR) is 128 cm³/mol. The van der Waals surface area contributed by atoms with Crippen molar-refractivity contribution in [2.24, 2.45) is 5.73 Å². The summed E-state index contributed by atoms with van der Waals surface area (Å²) in [5, 5.41) is 16.0. The van der Waals surface area contributed by atoms with Gasteiger partial charge in [-0.15, -0.1) is 0 Å². The number of aromatic nitrogens is 1. The zero-order valence-corrected chi connectivity index (χ0v) is 18.6. The van der Waals surface area contributed by atoms with Gasteiger partial charge in [0.2, 0.25) is 5.91 Å². The number of halogens is 2. The van der Waals surface area contributed by atoms with E-state index in [1.807, 2.05) is 24.3 Å². The summed E-state index contributed by atoms with van der Waals surface area (Å²) < 4.78 is 27.0. The third-order valence-electron chi connectivity index (χ3n) is 5.73. The Morgan fingerprint density at radius 3 is 2.41 bits per heavy atom. The van der Waals surface area contributed by atoms with Crippen LogP contribution in [0.25, 0.3) is 0 Å². The number of pyridine rings is 1. The molecule has 1 aromatic heterocycles. The van der Waals surface area contributed by atoms with Crippen molar-refractivity contribution < 1.29 is 18.7 Å². The molecule has 3 aromatic rings. The van der Waals surface area contributed by atoms with Gasteiger partial charge in [-0.25, -0.2) is 13.8 Å². The number of nitrogens with two attached hydrogens (primary N) is 1. The minimum Gasteiger partial charge on any atom is -0.393 e. The van der Waals surface area contributed by atoms with Crippen LogP contribution in [0.2, 0.25) is 0 Å². The molecule has 0 unspecified atom stereocenters. The molecule has 0 atom stereocenters. The number of hydrogen-bond acceptors (Lipinski definition) is 6. The van der Waals surface area contributed by atoms with Gasteiger partial charge in [0.05, 0.1) is 12.5 Å². The summed E-state index contributed by atoms with van der Waals surface area (Å²) in [6, 6.07) is 13.0. The number of benzene rings is 2. The maximum Gasteiger partial charge on any atom is 0.221 e. The van der Waals surface area contributed by atoms with Crippen LogP contribution in [0.3, 0.4) is 0 Å². The van der Waals surface area contributed by atoms with E-state index in [9.17, 15) is 18.7 Å². The molecule has 4 rings (SSSR count). The summed E-state index contributed by atoms with van der Waals surface area (Å²) in [6.45, 7) is 1.80. The molecule has 1 aliphatic heterocycles. The van der Waals surface area contributed by atoms with E-state index in [1.54, 1.807) is 12.3 Å². The van der Waals surface area contributed by atoms with E-state index >= 15 is 0 Å². The van der Waals surface area contributed by atoms with Crippen molar-refractivity contribution >= 4 is 28.8 Å². The Kier molecular flexibility index (Phi) is 7.22. The Balaban J connectivity index is 1.47.